The van der Waals surface area contributed by atoms with Gasteiger partial charge in [0.25, 0.3) is 5.91 Å². The highest BCUT2D eigenvalue weighted by Crippen LogP contribution is 2.28. The van der Waals surface area contributed by atoms with Crippen LogP contribution in [-0.4, -0.2) is 27.9 Å². The van der Waals surface area contributed by atoms with Crippen molar-refractivity contribution in [3.63, 3.8) is 0 Å². The molecule has 0 radical (unpaired) electrons. The van der Waals surface area contributed by atoms with Gasteiger partial charge in [-0.2, -0.15) is 0 Å². The molecule has 2 atom stereocenters. The van der Waals surface area contributed by atoms with E-state index in [2.05, 4.69) is 23.7 Å². The standard InChI is InChI=1S/C16H20N2O/c1-3-14-7-4-11(2)18(14)16(19)13-6-5-12-8-9-17-15(12)10-13/h5-6,8-11,14,17H,3-4,7H2,1-2H3. The summed E-state index contributed by atoms with van der Waals surface area (Å²) in [6.07, 6.45) is 5.20. The van der Waals surface area contributed by atoms with Crippen molar-refractivity contribution in [2.45, 2.75) is 45.2 Å². The molecule has 2 unspecified atom stereocenters. The lowest BCUT2D eigenvalue weighted by atomic mass is 10.1. The molecule has 1 aliphatic rings. The van der Waals surface area contributed by atoms with Gasteiger partial charge in [0.1, 0.15) is 0 Å². The van der Waals surface area contributed by atoms with Gasteiger partial charge < -0.3 is 9.88 Å². The van der Waals surface area contributed by atoms with E-state index in [-0.39, 0.29) is 5.91 Å². The summed E-state index contributed by atoms with van der Waals surface area (Å²) in [7, 11) is 0. The van der Waals surface area contributed by atoms with Crippen molar-refractivity contribution in [1.29, 1.82) is 0 Å². The first-order valence-corrected chi connectivity index (χ1v) is 7.10. The molecule has 0 aliphatic carbocycles. The lowest BCUT2D eigenvalue weighted by Crippen LogP contribution is -2.39. The Morgan fingerprint density at radius 2 is 2.21 bits per heavy atom. The summed E-state index contributed by atoms with van der Waals surface area (Å²) in [5, 5.41) is 1.15. The minimum atomic E-state index is 0.174. The highest BCUT2D eigenvalue weighted by atomic mass is 16.2. The van der Waals surface area contributed by atoms with E-state index in [9.17, 15) is 4.79 Å². The lowest BCUT2D eigenvalue weighted by Gasteiger charge is -2.28. The predicted molar refractivity (Wildman–Crippen MR) is 77.2 cm³/mol. The Balaban J connectivity index is 1.93. The van der Waals surface area contributed by atoms with Gasteiger partial charge in [0, 0.05) is 29.4 Å². The second-order valence-corrected chi connectivity index (χ2v) is 5.48. The molecule has 1 aromatic heterocycles. The number of aromatic amines is 1. The third-order valence-electron chi connectivity index (χ3n) is 4.29. The van der Waals surface area contributed by atoms with E-state index in [4.69, 9.17) is 0 Å². The Hall–Kier alpha value is -1.77. The zero-order valence-corrected chi connectivity index (χ0v) is 11.5. The number of carbonyl (C=O) groups excluding carboxylic acids is 1. The SMILES string of the molecule is CCC1CCC(C)N1C(=O)c1ccc2cc[nH]c2c1. The van der Waals surface area contributed by atoms with Crippen molar-refractivity contribution < 1.29 is 4.79 Å². The van der Waals surface area contributed by atoms with Gasteiger partial charge in [0.2, 0.25) is 0 Å². The van der Waals surface area contributed by atoms with Gasteiger partial charge >= 0.3 is 0 Å². The number of nitrogens with one attached hydrogen (secondary N) is 1. The monoisotopic (exact) mass is 256 g/mol. The quantitative estimate of drug-likeness (QED) is 0.876. The maximum absolute atomic E-state index is 12.7. The molecule has 1 saturated heterocycles. The molecule has 0 saturated carbocycles. The van der Waals surface area contributed by atoms with Crippen LogP contribution in [0, 0.1) is 0 Å². The highest BCUT2D eigenvalue weighted by molar-refractivity contribution is 5.98. The minimum Gasteiger partial charge on any atom is -0.361 e. The number of nitrogens with zero attached hydrogens (tertiary/aromatic N) is 1. The predicted octanol–water partition coefficient (Wildman–Crippen LogP) is 3.57. The number of rotatable bonds is 2. The number of aromatic nitrogens is 1. The Labute approximate surface area is 113 Å². The highest BCUT2D eigenvalue weighted by Gasteiger charge is 2.33. The van der Waals surface area contributed by atoms with Crippen molar-refractivity contribution in [3.05, 3.63) is 36.0 Å². The third-order valence-corrected chi connectivity index (χ3v) is 4.29. The first kappa shape index (κ1) is 12.3. The molecule has 3 nitrogen and oxygen atoms in total. The van der Waals surface area contributed by atoms with Gasteiger partial charge in [-0.3, -0.25) is 4.79 Å². The number of fused-ring (bicyclic) bond motifs is 1. The average molecular weight is 256 g/mol. The number of hydrogen-bond acceptors (Lipinski definition) is 1. The largest absolute Gasteiger partial charge is 0.361 e. The van der Waals surface area contributed by atoms with Gasteiger partial charge in [-0.05, 0) is 49.8 Å². The number of carbonyl (C=O) groups is 1. The molecular weight excluding hydrogens is 236 g/mol. The van der Waals surface area contributed by atoms with E-state index in [1.54, 1.807) is 0 Å². The third kappa shape index (κ3) is 2.03. The second kappa shape index (κ2) is 4.72. The second-order valence-electron chi connectivity index (χ2n) is 5.48. The van der Waals surface area contributed by atoms with Crippen LogP contribution in [0.5, 0.6) is 0 Å². The van der Waals surface area contributed by atoms with E-state index in [0.717, 1.165) is 35.7 Å². The molecule has 1 amide bonds. The van der Waals surface area contributed by atoms with Crippen LogP contribution < -0.4 is 0 Å². The zero-order chi connectivity index (χ0) is 13.4. The van der Waals surface area contributed by atoms with E-state index in [1.165, 1.54) is 0 Å². The molecule has 19 heavy (non-hydrogen) atoms. The summed E-state index contributed by atoms with van der Waals surface area (Å²) >= 11 is 0. The molecular formula is C16H20N2O. The molecule has 2 heterocycles. The molecule has 1 fully saturated rings. The maximum Gasteiger partial charge on any atom is 0.254 e. The van der Waals surface area contributed by atoms with Crippen LogP contribution in [0.1, 0.15) is 43.5 Å². The van der Waals surface area contributed by atoms with E-state index >= 15 is 0 Å². The van der Waals surface area contributed by atoms with Crippen LogP contribution in [0.4, 0.5) is 0 Å². The van der Waals surface area contributed by atoms with Crippen LogP contribution >= 0.6 is 0 Å². The van der Waals surface area contributed by atoms with Crippen molar-refractivity contribution in [3.8, 4) is 0 Å². The molecule has 3 rings (SSSR count). The summed E-state index contributed by atoms with van der Waals surface area (Å²) in [5.74, 6) is 0.174. The van der Waals surface area contributed by atoms with Crippen LogP contribution in [0.3, 0.4) is 0 Å². The lowest BCUT2D eigenvalue weighted by molar-refractivity contribution is 0.0676. The Morgan fingerprint density at radius 3 is 3.00 bits per heavy atom. The van der Waals surface area contributed by atoms with Crippen molar-refractivity contribution in [2.24, 2.45) is 0 Å². The first-order chi connectivity index (χ1) is 9.20. The molecule has 1 aromatic carbocycles. The molecule has 0 bridgehead atoms. The van der Waals surface area contributed by atoms with Crippen LogP contribution in [0.25, 0.3) is 10.9 Å². The Kier molecular flexibility index (Phi) is 3.05. The summed E-state index contributed by atoms with van der Waals surface area (Å²) in [6, 6.07) is 8.71. The number of amides is 1. The van der Waals surface area contributed by atoms with E-state index in [0.29, 0.717) is 12.1 Å². The van der Waals surface area contributed by atoms with Crippen molar-refractivity contribution in [2.75, 3.05) is 0 Å². The van der Waals surface area contributed by atoms with Gasteiger partial charge in [-0.1, -0.05) is 13.0 Å². The van der Waals surface area contributed by atoms with Crippen LogP contribution in [0.2, 0.25) is 0 Å². The number of H-pyrrole nitrogens is 1. The Morgan fingerprint density at radius 1 is 1.37 bits per heavy atom. The average Bonchev–Trinajstić information content (AvgIpc) is 3.02. The molecule has 3 heteroatoms. The zero-order valence-electron chi connectivity index (χ0n) is 11.5. The summed E-state index contributed by atoms with van der Waals surface area (Å²) < 4.78 is 0. The van der Waals surface area contributed by atoms with Crippen molar-refractivity contribution in [1.82, 2.24) is 9.88 Å². The Bertz CT molecular complexity index is 602. The summed E-state index contributed by atoms with van der Waals surface area (Å²) in [4.78, 5) is 17.9. The van der Waals surface area contributed by atoms with Crippen LogP contribution in [-0.2, 0) is 0 Å². The van der Waals surface area contributed by atoms with E-state index in [1.807, 2.05) is 30.5 Å². The number of benzene rings is 1. The fraction of sp³-hybridized carbons (Fsp3) is 0.438. The van der Waals surface area contributed by atoms with Gasteiger partial charge in [0.05, 0.1) is 0 Å². The number of hydrogen-bond donors (Lipinski definition) is 1. The fourth-order valence-corrected chi connectivity index (χ4v) is 3.17. The normalized spacial score (nSPS) is 23.2. The van der Waals surface area contributed by atoms with Gasteiger partial charge in [0.15, 0.2) is 0 Å². The molecule has 1 aliphatic heterocycles. The van der Waals surface area contributed by atoms with Gasteiger partial charge in [-0.15, -0.1) is 0 Å². The fourth-order valence-electron chi connectivity index (χ4n) is 3.17. The van der Waals surface area contributed by atoms with Crippen LogP contribution in [0.15, 0.2) is 30.5 Å². The molecule has 1 N–H and O–H groups in total. The van der Waals surface area contributed by atoms with Gasteiger partial charge in [-0.25, -0.2) is 0 Å². The first-order valence-electron chi connectivity index (χ1n) is 7.10. The topological polar surface area (TPSA) is 36.1 Å². The summed E-state index contributed by atoms with van der Waals surface area (Å²) in [5.41, 5.74) is 1.83. The molecule has 2 aromatic rings. The minimum absolute atomic E-state index is 0.174. The molecule has 100 valence electrons. The molecule has 0 spiro atoms. The smallest absolute Gasteiger partial charge is 0.254 e. The summed E-state index contributed by atoms with van der Waals surface area (Å²) in [6.45, 7) is 4.32. The number of likely N-dealkylation sites (tertiary alicyclic amines) is 1. The van der Waals surface area contributed by atoms with Crippen molar-refractivity contribution >= 4 is 16.8 Å². The maximum atomic E-state index is 12.7. The van der Waals surface area contributed by atoms with E-state index < -0.39 is 0 Å².